The lowest BCUT2D eigenvalue weighted by Gasteiger charge is -2.40. The van der Waals surface area contributed by atoms with Crippen molar-refractivity contribution in [1.29, 1.82) is 0 Å². The molecule has 0 spiro atoms. The van der Waals surface area contributed by atoms with Crippen molar-refractivity contribution in [2.45, 2.75) is 39.2 Å². The number of carbonyl (C=O) groups excluding carboxylic acids is 1. The van der Waals surface area contributed by atoms with Gasteiger partial charge >= 0.3 is 0 Å². The van der Waals surface area contributed by atoms with E-state index in [4.69, 9.17) is 0 Å². The highest BCUT2D eigenvalue weighted by Crippen LogP contribution is 2.63. The monoisotopic (exact) mass is 211 g/mol. The van der Waals surface area contributed by atoms with Crippen LogP contribution in [0.25, 0.3) is 0 Å². The molecule has 3 heteroatoms. The summed E-state index contributed by atoms with van der Waals surface area (Å²) < 4.78 is 0. The summed E-state index contributed by atoms with van der Waals surface area (Å²) in [5.41, 5.74) is -0.568. The average molecular weight is 211 g/mol. The standard InChI is InChI=1S/C12H21NO2/c1-11(2)8-5-6-12(7-8,9(11)14)10(15)13(3)4/h8-9,14H,5-7H2,1-4H3/t8-,9+,12-/m0/s1. The lowest BCUT2D eigenvalue weighted by atomic mass is 9.69. The van der Waals surface area contributed by atoms with E-state index in [0.29, 0.717) is 5.92 Å². The lowest BCUT2D eigenvalue weighted by Crippen LogP contribution is -2.49. The minimum atomic E-state index is -0.475. The number of aliphatic hydroxyl groups excluding tert-OH is 1. The van der Waals surface area contributed by atoms with Crippen molar-refractivity contribution >= 4 is 5.91 Å². The molecular formula is C12H21NO2. The molecule has 86 valence electrons. The molecule has 2 fully saturated rings. The number of carbonyl (C=O) groups is 1. The van der Waals surface area contributed by atoms with Gasteiger partial charge in [0.1, 0.15) is 0 Å². The minimum Gasteiger partial charge on any atom is -0.391 e. The zero-order valence-electron chi connectivity index (χ0n) is 10.1. The molecule has 2 rings (SSSR count). The largest absolute Gasteiger partial charge is 0.391 e. The highest BCUT2D eigenvalue weighted by Gasteiger charge is 2.64. The Morgan fingerprint density at radius 3 is 2.40 bits per heavy atom. The number of hydrogen-bond donors (Lipinski definition) is 1. The van der Waals surface area contributed by atoms with Crippen LogP contribution in [0.3, 0.4) is 0 Å². The maximum absolute atomic E-state index is 12.2. The number of fused-ring (bicyclic) bond motifs is 2. The molecule has 3 atom stereocenters. The van der Waals surface area contributed by atoms with Crippen LogP contribution in [0.4, 0.5) is 0 Å². The Balaban J connectivity index is 2.35. The third-order valence-electron chi connectivity index (χ3n) is 4.66. The second-order valence-electron chi connectivity index (χ2n) is 6.02. The Bertz CT molecular complexity index is 298. The molecule has 0 unspecified atom stereocenters. The van der Waals surface area contributed by atoms with Gasteiger partial charge < -0.3 is 10.0 Å². The predicted octanol–water partition coefficient (Wildman–Crippen LogP) is 1.26. The van der Waals surface area contributed by atoms with E-state index in [-0.39, 0.29) is 11.3 Å². The Hall–Kier alpha value is -0.570. The fourth-order valence-corrected chi connectivity index (χ4v) is 3.65. The van der Waals surface area contributed by atoms with Crippen molar-refractivity contribution in [2.24, 2.45) is 16.7 Å². The van der Waals surface area contributed by atoms with Gasteiger partial charge in [0, 0.05) is 14.1 Å². The predicted molar refractivity (Wildman–Crippen MR) is 58.3 cm³/mol. The molecule has 0 aliphatic heterocycles. The van der Waals surface area contributed by atoms with Gasteiger partial charge in [0.05, 0.1) is 11.5 Å². The molecule has 1 N–H and O–H groups in total. The van der Waals surface area contributed by atoms with E-state index >= 15 is 0 Å². The van der Waals surface area contributed by atoms with Gasteiger partial charge in [-0.15, -0.1) is 0 Å². The average Bonchev–Trinajstić information content (AvgIpc) is 2.66. The van der Waals surface area contributed by atoms with Crippen molar-refractivity contribution in [3.8, 4) is 0 Å². The van der Waals surface area contributed by atoms with Gasteiger partial charge in [0.15, 0.2) is 0 Å². The van der Waals surface area contributed by atoms with E-state index in [1.807, 2.05) is 0 Å². The molecule has 1 amide bonds. The summed E-state index contributed by atoms with van der Waals surface area (Å²) in [5.74, 6) is 0.625. The topological polar surface area (TPSA) is 40.5 Å². The van der Waals surface area contributed by atoms with Gasteiger partial charge in [0.2, 0.25) is 5.91 Å². The minimum absolute atomic E-state index is 0.0933. The first-order valence-corrected chi connectivity index (χ1v) is 5.72. The third kappa shape index (κ3) is 1.19. The number of rotatable bonds is 1. The van der Waals surface area contributed by atoms with Gasteiger partial charge in [-0.2, -0.15) is 0 Å². The van der Waals surface area contributed by atoms with Crippen molar-refractivity contribution in [2.75, 3.05) is 14.1 Å². The first-order valence-electron chi connectivity index (χ1n) is 5.72. The maximum Gasteiger partial charge on any atom is 0.230 e. The molecule has 3 nitrogen and oxygen atoms in total. The molecule has 2 bridgehead atoms. The zero-order chi connectivity index (χ0) is 11.4. The zero-order valence-corrected chi connectivity index (χ0v) is 10.1. The van der Waals surface area contributed by atoms with Crippen molar-refractivity contribution in [3.63, 3.8) is 0 Å². The van der Waals surface area contributed by atoms with Crippen molar-refractivity contribution in [3.05, 3.63) is 0 Å². The first kappa shape index (κ1) is 10.9. The molecule has 0 radical (unpaired) electrons. The molecule has 15 heavy (non-hydrogen) atoms. The Morgan fingerprint density at radius 1 is 1.40 bits per heavy atom. The summed E-state index contributed by atoms with van der Waals surface area (Å²) in [6.45, 7) is 4.18. The van der Waals surface area contributed by atoms with E-state index in [1.54, 1.807) is 19.0 Å². The van der Waals surface area contributed by atoms with Crippen LogP contribution in [0.1, 0.15) is 33.1 Å². The molecule has 2 saturated carbocycles. The summed E-state index contributed by atoms with van der Waals surface area (Å²) in [4.78, 5) is 13.8. The third-order valence-corrected chi connectivity index (χ3v) is 4.66. The number of aliphatic hydroxyl groups is 1. The molecule has 0 saturated heterocycles. The van der Waals surface area contributed by atoms with Crippen molar-refractivity contribution in [1.82, 2.24) is 4.90 Å². The van der Waals surface area contributed by atoms with Crippen LogP contribution in [-0.4, -0.2) is 36.1 Å². The maximum atomic E-state index is 12.2. The summed E-state index contributed by atoms with van der Waals surface area (Å²) in [5, 5.41) is 10.4. The fourth-order valence-electron chi connectivity index (χ4n) is 3.65. The van der Waals surface area contributed by atoms with Crippen molar-refractivity contribution < 1.29 is 9.90 Å². The van der Waals surface area contributed by atoms with Crippen LogP contribution in [-0.2, 0) is 4.79 Å². The quantitative estimate of drug-likeness (QED) is 0.709. The first-order chi connectivity index (χ1) is 6.82. The van der Waals surface area contributed by atoms with Crippen LogP contribution >= 0.6 is 0 Å². The molecule has 0 aromatic rings. The molecule has 0 heterocycles. The smallest absolute Gasteiger partial charge is 0.230 e. The van der Waals surface area contributed by atoms with Crippen LogP contribution in [0.2, 0.25) is 0 Å². The summed E-state index contributed by atoms with van der Waals surface area (Å²) >= 11 is 0. The molecule has 2 aliphatic carbocycles. The molecular weight excluding hydrogens is 190 g/mol. The molecule has 0 aromatic heterocycles. The van der Waals surface area contributed by atoms with Crippen LogP contribution < -0.4 is 0 Å². The number of nitrogens with zero attached hydrogens (tertiary/aromatic N) is 1. The van der Waals surface area contributed by atoms with Crippen LogP contribution in [0.5, 0.6) is 0 Å². The van der Waals surface area contributed by atoms with Gasteiger partial charge in [0.25, 0.3) is 0 Å². The van der Waals surface area contributed by atoms with Gasteiger partial charge in [-0.05, 0) is 30.6 Å². The Labute approximate surface area is 91.5 Å². The second kappa shape index (κ2) is 2.97. The second-order valence-corrected chi connectivity index (χ2v) is 6.02. The summed E-state index contributed by atoms with van der Waals surface area (Å²) in [6, 6.07) is 0. The SMILES string of the molecule is CN(C)C(=O)[C@@]12CC[C@@H](C1)C(C)(C)[C@H]2O. The van der Waals surface area contributed by atoms with E-state index in [2.05, 4.69) is 13.8 Å². The van der Waals surface area contributed by atoms with E-state index < -0.39 is 11.5 Å². The Kier molecular flexibility index (Phi) is 2.16. The number of hydrogen-bond acceptors (Lipinski definition) is 2. The van der Waals surface area contributed by atoms with E-state index in [9.17, 15) is 9.90 Å². The van der Waals surface area contributed by atoms with Crippen LogP contribution in [0.15, 0.2) is 0 Å². The summed E-state index contributed by atoms with van der Waals surface area (Å²) in [6.07, 6.45) is 2.35. The Morgan fingerprint density at radius 2 is 2.00 bits per heavy atom. The van der Waals surface area contributed by atoms with Gasteiger partial charge in [-0.3, -0.25) is 4.79 Å². The van der Waals surface area contributed by atoms with E-state index in [1.165, 1.54) is 0 Å². The molecule has 0 aromatic carbocycles. The summed E-state index contributed by atoms with van der Waals surface area (Å²) in [7, 11) is 3.56. The highest BCUT2D eigenvalue weighted by atomic mass is 16.3. The van der Waals surface area contributed by atoms with Gasteiger partial charge in [-0.25, -0.2) is 0 Å². The van der Waals surface area contributed by atoms with Crippen LogP contribution in [0, 0.1) is 16.7 Å². The highest BCUT2D eigenvalue weighted by molar-refractivity contribution is 5.84. The van der Waals surface area contributed by atoms with E-state index in [0.717, 1.165) is 19.3 Å². The van der Waals surface area contributed by atoms with Gasteiger partial charge in [-0.1, -0.05) is 13.8 Å². The number of amides is 1. The molecule has 2 aliphatic rings. The lowest BCUT2D eigenvalue weighted by molar-refractivity contribution is -0.149. The normalized spacial score (nSPS) is 41.9. The fraction of sp³-hybridized carbons (Fsp3) is 0.917.